The van der Waals surface area contributed by atoms with Gasteiger partial charge in [0.25, 0.3) is 0 Å². The maximum absolute atomic E-state index is 6.23. The van der Waals surface area contributed by atoms with Crippen molar-refractivity contribution in [2.24, 2.45) is 16.6 Å². The topological polar surface area (TPSA) is 67.0 Å². The van der Waals surface area contributed by atoms with Gasteiger partial charge in [-0.15, -0.1) is 23.1 Å². The second kappa shape index (κ2) is 9.85. The van der Waals surface area contributed by atoms with E-state index in [9.17, 15) is 0 Å². The monoisotopic (exact) mass is 405 g/mol. The number of benzene rings is 1. The summed E-state index contributed by atoms with van der Waals surface area (Å²) in [6, 6.07) is 8.12. The fourth-order valence-electron chi connectivity index (χ4n) is 2.87. The highest BCUT2D eigenvalue weighted by atomic mass is 32.2. The van der Waals surface area contributed by atoms with E-state index in [0.717, 1.165) is 49.4 Å². The molecule has 1 atom stereocenters. The zero-order valence-electron chi connectivity index (χ0n) is 15.9. The van der Waals surface area contributed by atoms with Crippen LogP contribution in [0.25, 0.3) is 0 Å². The van der Waals surface area contributed by atoms with Crippen molar-refractivity contribution >= 4 is 34.2 Å². The van der Waals surface area contributed by atoms with E-state index in [1.807, 2.05) is 29.8 Å². The summed E-state index contributed by atoms with van der Waals surface area (Å²) < 4.78 is 5.41. The molecule has 2 N–H and O–H groups in total. The smallest absolute Gasteiger partial charge is 0.191 e. The maximum Gasteiger partial charge on any atom is 0.191 e. The molecule has 1 unspecified atom stereocenters. The summed E-state index contributed by atoms with van der Waals surface area (Å²) in [6.07, 6.45) is 1.85. The fraction of sp³-hybridized carbons (Fsp3) is 0.474. The van der Waals surface area contributed by atoms with Crippen molar-refractivity contribution < 1.29 is 4.74 Å². The Morgan fingerprint density at radius 2 is 2.11 bits per heavy atom. The number of para-hydroxylation sites is 1. The molecule has 1 aromatic carbocycles. The average Bonchev–Trinajstić information content (AvgIpc) is 3.25. The van der Waals surface area contributed by atoms with Gasteiger partial charge in [-0.1, -0.05) is 19.1 Å². The largest absolute Gasteiger partial charge is 0.496 e. The van der Waals surface area contributed by atoms with Crippen LogP contribution < -0.4 is 15.4 Å². The number of aromatic nitrogens is 1. The maximum atomic E-state index is 6.23. The van der Waals surface area contributed by atoms with E-state index in [1.165, 1.54) is 4.90 Å². The van der Waals surface area contributed by atoms with Crippen LogP contribution in [0.15, 0.2) is 45.7 Å². The molecule has 27 heavy (non-hydrogen) atoms. The van der Waals surface area contributed by atoms with E-state index in [0.29, 0.717) is 11.9 Å². The van der Waals surface area contributed by atoms with Gasteiger partial charge in [-0.3, -0.25) is 4.99 Å². The van der Waals surface area contributed by atoms with Gasteiger partial charge >= 0.3 is 0 Å². The Morgan fingerprint density at radius 3 is 2.81 bits per heavy atom. The third-order valence-electron chi connectivity index (χ3n) is 4.45. The zero-order valence-corrected chi connectivity index (χ0v) is 17.5. The lowest BCUT2D eigenvalue weighted by atomic mass is 10.2. The summed E-state index contributed by atoms with van der Waals surface area (Å²) >= 11 is 3.49. The van der Waals surface area contributed by atoms with Crippen LogP contribution in [0.4, 0.5) is 5.13 Å². The normalized spacial score (nSPS) is 16.4. The van der Waals surface area contributed by atoms with Crippen LogP contribution in [0, 0.1) is 5.92 Å². The molecule has 1 aliphatic heterocycles. The molecular formula is C19H27N5OS2. The number of aliphatic imine (C=N–C) groups is 1. The second-order valence-electron chi connectivity index (χ2n) is 6.55. The van der Waals surface area contributed by atoms with Crippen molar-refractivity contribution in [1.29, 1.82) is 0 Å². The first kappa shape index (κ1) is 19.8. The van der Waals surface area contributed by atoms with E-state index < -0.39 is 0 Å². The quantitative estimate of drug-likeness (QED) is 0.434. The molecule has 1 aliphatic rings. The van der Waals surface area contributed by atoms with Crippen LogP contribution in [0.5, 0.6) is 5.75 Å². The van der Waals surface area contributed by atoms with E-state index in [4.69, 9.17) is 10.5 Å². The van der Waals surface area contributed by atoms with Gasteiger partial charge in [0, 0.05) is 54.9 Å². The molecule has 1 fully saturated rings. The molecule has 146 valence electrons. The summed E-state index contributed by atoms with van der Waals surface area (Å²) in [7, 11) is 1.71. The van der Waals surface area contributed by atoms with Crippen LogP contribution in [0.2, 0.25) is 0 Å². The van der Waals surface area contributed by atoms with E-state index in [-0.39, 0.29) is 0 Å². The Bertz CT molecular complexity index is 729. The predicted octanol–water partition coefficient (Wildman–Crippen LogP) is 3.02. The summed E-state index contributed by atoms with van der Waals surface area (Å²) in [6.45, 7) is 6.59. The number of hydrogen-bond acceptors (Lipinski definition) is 6. The minimum Gasteiger partial charge on any atom is -0.496 e. The van der Waals surface area contributed by atoms with Crippen LogP contribution in [-0.4, -0.2) is 61.4 Å². The Balaban J connectivity index is 1.43. The zero-order chi connectivity index (χ0) is 19.1. The minimum atomic E-state index is 0.440. The fourth-order valence-corrected chi connectivity index (χ4v) is 4.61. The van der Waals surface area contributed by atoms with Crippen molar-refractivity contribution in [3.05, 3.63) is 35.8 Å². The Morgan fingerprint density at radius 1 is 1.33 bits per heavy atom. The van der Waals surface area contributed by atoms with E-state index in [2.05, 4.69) is 32.8 Å². The van der Waals surface area contributed by atoms with Crippen molar-refractivity contribution in [2.45, 2.75) is 11.8 Å². The van der Waals surface area contributed by atoms with Gasteiger partial charge < -0.3 is 20.3 Å². The van der Waals surface area contributed by atoms with Crippen molar-refractivity contribution in [3.63, 3.8) is 0 Å². The second-order valence-corrected chi connectivity index (χ2v) is 8.49. The summed E-state index contributed by atoms with van der Waals surface area (Å²) in [4.78, 5) is 14.7. The highest BCUT2D eigenvalue weighted by molar-refractivity contribution is 7.99. The third kappa shape index (κ3) is 5.52. The van der Waals surface area contributed by atoms with Gasteiger partial charge in [0.2, 0.25) is 0 Å². The van der Waals surface area contributed by atoms with Gasteiger partial charge in [0.1, 0.15) is 5.75 Å². The third-order valence-corrected chi connectivity index (χ3v) is 6.67. The molecule has 6 nitrogen and oxygen atoms in total. The lowest BCUT2D eigenvalue weighted by Gasteiger charge is -2.35. The number of thioether (sulfide) groups is 1. The van der Waals surface area contributed by atoms with Gasteiger partial charge in [0.15, 0.2) is 11.1 Å². The van der Waals surface area contributed by atoms with Gasteiger partial charge in [-0.25, -0.2) is 4.98 Å². The first-order valence-corrected chi connectivity index (χ1v) is 11.0. The number of hydrogen-bond donors (Lipinski definition) is 1. The molecule has 0 radical (unpaired) electrons. The molecule has 0 saturated carbocycles. The van der Waals surface area contributed by atoms with Crippen LogP contribution in [0.1, 0.15) is 6.92 Å². The number of rotatable bonds is 7. The summed E-state index contributed by atoms with van der Waals surface area (Å²) in [5.74, 6) is 3.00. The van der Waals surface area contributed by atoms with Crippen LogP contribution in [-0.2, 0) is 0 Å². The number of methoxy groups -OCH3 is 1. The number of nitrogens with two attached hydrogens (primary N) is 1. The molecule has 8 heteroatoms. The highest BCUT2D eigenvalue weighted by Crippen LogP contribution is 2.30. The van der Waals surface area contributed by atoms with Crippen molar-refractivity contribution in [1.82, 2.24) is 9.88 Å². The summed E-state index contributed by atoms with van der Waals surface area (Å²) in [5.41, 5.74) is 6.23. The van der Waals surface area contributed by atoms with Gasteiger partial charge in [-0.05, 0) is 18.1 Å². The first-order chi connectivity index (χ1) is 13.2. The summed E-state index contributed by atoms with van der Waals surface area (Å²) in [5, 5.41) is 3.11. The molecule has 0 spiro atoms. The van der Waals surface area contributed by atoms with Gasteiger partial charge in [0.05, 0.1) is 7.11 Å². The number of piperazine rings is 1. The molecular weight excluding hydrogens is 378 g/mol. The van der Waals surface area contributed by atoms with Gasteiger partial charge in [-0.2, -0.15) is 0 Å². The molecule has 2 aromatic rings. The van der Waals surface area contributed by atoms with Crippen molar-refractivity contribution in [2.75, 3.05) is 50.5 Å². The van der Waals surface area contributed by atoms with Crippen molar-refractivity contribution in [3.8, 4) is 5.75 Å². The van der Waals surface area contributed by atoms with E-state index >= 15 is 0 Å². The highest BCUT2D eigenvalue weighted by Gasteiger charge is 2.20. The van der Waals surface area contributed by atoms with Crippen LogP contribution in [0.3, 0.4) is 0 Å². The number of thiazole rings is 1. The SMILES string of the molecule is COc1ccccc1SCC(C)CN=C(N)N1CCN(c2nccs2)CC1. The number of nitrogens with zero attached hydrogens (tertiary/aromatic N) is 4. The number of anilines is 1. The lowest BCUT2D eigenvalue weighted by molar-refractivity contribution is 0.380. The number of ether oxygens (including phenoxy) is 1. The molecule has 0 aliphatic carbocycles. The van der Waals surface area contributed by atoms with Crippen LogP contribution >= 0.6 is 23.1 Å². The molecule has 1 aromatic heterocycles. The standard InChI is InChI=1S/C19H27N5OS2/c1-15(14-27-17-6-4-3-5-16(17)25-2)13-22-18(20)23-8-10-24(11-9-23)19-21-7-12-26-19/h3-7,12,15H,8-11,13-14H2,1-2H3,(H2,20,22). The van der Waals surface area contributed by atoms with E-state index in [1.54, 1.807) is 30.2 Å². The minimum absolute atomic E-state index is 0.440. The first-order valence-electron chi connectivity index (χ1n) is 9.12. The molecule has 2 heterocycles. The molecule has 0 bridgehead atoms. The Labute approximate surface area is 169 Å². The predicted molar refractivity (Wildman–Crippen MR) is 115 cm³/mol. The Hall–Kier alpha value is -1.93. The number of guanidine groups is 1. The molecule has 3 rings (SSSR count). The lowest BCUT2D eigenvalue weighted by Crippen LogP contribution is -2.51. The molecule has 0 amide bonds. The average molecular weight is 406 g/mol. The molecule has 1 saturated heterocycles. The Kier molecular flexibility index (Phi) is 7.23.